The molecule has 0 saturated heterocycles. The lowest BCUT2D eigenvalue weighted by Crippen LogP contribution is -2.03. The number of aryl methyl sites for hydroxylation is 2. The summed E-state index contributed by atoms with van der Waals surface area (Å²) in [7, 11) is 0. The highest BCUT2D eigenvalue weighted by molar-refractivity contribution is 9.10. The molecule has 0 spiro atoms. The number of nitrogens with two attached hydrogens (primary N) is 1. The number of halogens is 2. The van der Waals surface area contributed by atoms with Gasteiger partial charge >= 0.3 is 0 Å². The summed E-state index contributed by atoms with van der Waals surface area (Å²) in [6.07, 6.45) is 0. The zero-order valence-electron chi connectivity index (χ0n) is 9.46. The molecular weight excluding hydrogens is 285 g/mol. The Morgan fingerprint density at radius 2 is 1.82 bits per heavy atom. The van der Waals surface area contributed by atoms with Crippen LogP contribution in [0.5, 0.6) is 0 Å². The Balaban J connectivity index is 2.68. The number of nitrogens with zero attached hydrogens (tertiary/aromatic N) is 2. The van der Waals surface area contributed by atoms with E-state index in [1.54, 1.807) is 12.1 Å². The summed E-state index contributed by atoms with van der Waals surface area (Å²) in [4.78, 5) is 8.45. The monoisotopic (exact) mass is 295 g/mol. The molecule has 17 heavy (non-hydrogen) atoms. The van der Waals surface area contributed by atoms with Crippen molar-refractivity contribution in [1.82, 2.24) is 9.97 Å². The zero-order chi connectivity index (χ0) is 12.6. The lowest BCUT2D eigenvalue weighted by molar-refractivity contribution is 0.630. The van der Waals surface area contributed by atoms with Gasteiger partial charge in [0.25, 0.3) is 0 Å². The van der Waals surface area contributed by atoms with Crippen molar-refractivity contribution in [2.24, 2.45) is 0 Å². The molecule has 2 aromatic rings. The van der Waals surface area contributed by atoms with Gasteiger partial charge in [0.15, 0.2) is 0 Å². The van der Waals surface area contributed by atoms with Crippen LogP contribution in [0, 0.1) is 19.7 Å². The third-order valence-corrected chi connectivity index (χ3v) is 3.01. The number of hydrogen-bond donors (Lipinski definition) is 1. The Morgan fingerprint density at radius 1 is 1.18 bits per heavy atom. The minimum absolute atomic E-state index is 0.241. The first-order valence-corrected chi connectivity index (χ1v) is 5.84. The van der Waals surface area contributed by atoms with Crippen LogP contribution < -0.4 is 5.73 Å². The highest BCUT2D eigenvalue weighted by Gasteiger charge is 2.13. The molecule has 88 valence electrons. The van der Waals surface area contributed by atoms with E-state index >= 15 is 0 Å². The average Bonchev–Trinajstić information content (AvgIpc) is 2.27. The van der Waals surface area contributed by atoms with Crippen LogP contribution in [0.2, 0.25) is 0 Å². The number of benzene rings is 1. The van der Waals surface area contributed by atoms with E-state index in [2.05, 4.69) is 25.9 Å². The molecular formula is C12H11BrFN3. The molecule has 1 aromatic carbocycles. The van der Waals surface area contributed by atoms with Crippen LogP contribution >= 0.6 is 15.9 Å². The van der Waals surface area contributed by atoms with Crippen molar-refractivity contribution in [1.29, 1.82) is 0 Å². The summed E-state index contributed by atoms with van der Waals surface area (Å²) in [5.74, 6) is -0.123. The van der Waals surface area contributed by atoms with Gasteiger partial charge in [-0.15, -0.1) is 0 Å². The van der Waals surface area contributed by atoms with Crippen LogP contribution in [-0.4, -0.2) is 9.97 Å². The van der Waals surface area contributed by atoms with Crippen LogP contribution in [-0.2, 0) is 0 Å². The van der Waals surface area contributed by atoms with Gasteiger partial charge in [0.05, 0.1) is 11.4 Å². The van der Waals surface area contributed by atoms with Crippen molar-refractivity contribution < 1.29 is 4.39 Å². The van der Waals surface area contributed by atoms with Crippen LogP contribution in [0.4, 0.5) is 10.2 Å². The average molecular weight is 296 g/mol. The van der Waals surface area contributed by atoms with Gasteiger partial charge in [0, 0.05) is 10.0 Å². The Morgan fingerprint density at radius 3 is 2.53 bits per heavy atom. The molecule has 0 aliphatic rings. The zero-order valence-corrected chi connectivity index (χ0v) is 11.0. The minimum atomic E-state index is -0.363. The molecule has 0 amide bonds. The standard InChI is InChI=1S/C12H11BrFN3/c1-6-7(2)17-12(15)11(16-6)9-5-8(13)3-4-10(9)14/h3-5H,1-2H3,(H2,15,17). The predicted molar refractivity (Wildman–Crippen MR) is 69.0 cm³/mol. The summed E-state index contributed by atoms with van der Waals surface area (Å²) in [6.45, 7) is 3.64. The van der Waals surface area contributed by atoms with E-state index in [0.717, 1.165) is 15.9 Å². The van der Waals surface area contributed by atoms with Crippen molar-refractivity contribution in [3.63, 3.8) is 0 Å². The number of rotatable bonds is 1. The van der Waals surface area contributed by atoms with Crippen molar-refractivity contribution in [3.05, 3.63) is 39.9 Å². The SMILES string of the molecule is Cc1nc(N)c(-c2cc(Br)ccc2F)nc1C. The lowest BCUT2D eigenvalue weighted by Gasteiger charge is -2.08. The van der Waals surface area contributed by atoms with Crippen LogP contribution in [0.3, 0.4) is 0 Å². The van der Waals surface area contributed by atoms with E-state index in [-0.39, 0.29) is 11.6 Å². The van der Waals surface area contributed by atoms with Crippen molar-refractivity contribution in [3.8, 4) is 11.3 Å². The Labute approximate surface area is 107 Å². The molecule has 0 aliphatic heterocycles. The quantitative estimate of drug-likeness (QED) is 0.879. The van der Waals surface area contributed by atoms with Crippen LogP contribution in [0.15, 0.2) is 22.7 Å². The van der Waals surface area contributed by atoms with Gasteiger partial charge < -0.3 is 5.73 Å². The molecule has 0 saturated carbocycles. The maximum Gasteiger partial charge on any atom is 0.150 e. The first-order chi connectivity index (χ1) is 7.99. The third-order valence-electron chi connectivity index (χ3n) is 2.52. The summed E-state index contributed by atoms with van der Waals surface area (Å²) in [5.41, 5.74) is 8.02. The molecule has 2 rings (SSSR count). The molecule has 5 heteroatoms. The van der Waals surface area contributed by atoms with E-state index in [4.69, 9.17) is 5.73 Å². The maximum atomic E-state index is 13.7. The number of anilines is 1. The lowest BCUT2D eigenvalue weighted by atomic mass is 10.1. The molecule has 1 aromatic heterocycles. The molecule has 0 bridgehead atoms. The largest absolute Gasteiger partial charge is 0.382 e. The van der Waals surface area contributed by atoms with Crippen LogP contribution in [0.1, 0.15) is 11.4 Å². The second-order valence-electron chi connectivity index (χ2n) is 3.75. The molecule has 0 radical (unpaired) electrons. The minimum Gasteiger partial charge on any atom is -0.382 e. The number of nitrogen functional groups attached to an aromatic ring is 1. The van der Waals surface area contributed by atoms with Crippen molar-refractivity contribution >= 4 is 21.7 Å². The topological polar surface area (TPSA) is 51.8 Å². The molecule has 0 fully saturated rings. The third kappa shape index (κ3) is 2.29. The van der Waals surface area contributed by atoms with Gasteiger partial charge in [-0.25, -0.2) is 14.4 Å². The highest BCUT2D eigenvalue weighted by atomic mass is 79.9. The molecule has 0 unspecified atom stereocenters. The maximum absolute atomic E-state index is 13.7. The van der Waals surface area contributed by atoms with Gasteiger partial charge in [0.1, 0.15) is 17.3 Å². The van der Waals surface area contributed by atoms with E-state index in [1.807, 2.05) is 13.8 Å². The summed E-state index contributed by atoms with van der Waals surface area (Å²) in [5, 5.41) is 0. The Bertz CT molecular complexity index is 584. The van der Waals surface area contributed by atoms with E-state index < -0.39 is 0 Å². The van der Waals surface area contributed by atoms with Crippen molar-refractivity contribution in [2.45, 2.75) is 13.8 Å². The summed E-state index contributed by atoms with van der Waals surface area (Å²) < 4.78 is 14.5. The van der Waals surface area contributed by atoms with Gasteiger partial charge in [0.2, 0.25) is 0 Å². The number of aromatic nitrogens is 2. The van der Waals surface area contributed by atoms with Gasteiger partial charge in [-0.1, -0.05) is 15.9 Å². The summed E-state index contributed by atoms with van der Waals surface area (Å²) in [6, 6.07) is 4.64. The predicted octanol–water partition coefficient (Wildman–Crippen LogP) is 3.24. The molecule has 0 aliphatic carbocycles. The molecule has 2 N–H and O–H groups in total. The molecule has 0 atom stereocenters. The van der Waals surface area contributed by atoms with E-state index in [0.29, 0.717) is 11.3 Å². The second kappa shape index (κ2) is 4.41. The Kier molecular flexibility index (Phi) is 3.11. The van der Waals surface area contributed by atoms with Crippen LogP contribution in [0.25, 0.3) is 11.3 Å². The van der Waals surface area contributed by atoms with Gasteiger partial charge in [-0.3, -0.25) is 0 Å². The molecule has 3 nitrogen and oxygen atoms in total. The highest BCUT2D eigenvalue weighted by Crippen LogP contribution is 2.28. The number of hydrogen-bond acceptors (Lipinski definition) is 3. The second-order valence-corrected chi connectivity index (χ2v) is 4.67. The van der Waals surface area contributed by atoms with E-state index in [9.17, 15) is 4.39 Å². The van der Waals surface area contributed by atoms with Gasteiger partial charge in [-0.2, -0.15) is 0 Å². The fourth-order valence-electron chi connectivity index (χ4n) is 1.50. The smallest absolute Gasteiger partial charge is 0.150 e. The van der Waals surface area contributed by atoms with Gasteiger partial charge in [-0.05, 0) is 32.0 Å². The van der Waals surface area contributed by atoms with E-state index in [1.165, 1.54) is 6.07 Å². The first kappa shape index (κ1) is 12.0. The van der Waals surface area contributed by atoms with Crippen molar-refractivity contribution in [2.75, 3.05) is 5.73 Å². The normalized spacial score (nSPS) is 10.6. The Hall–Kier alpha value is -1.49. The fraction of sp³-hybridized carbons (Fsp3) is 0.167. The summed E-state index contributed by atoms with van der Waals surface area (Å²) >= 11 is 3.30. The first-order valence-electron chi connectivity index (χ1n) is 5.05. The fourth-order valence-corrected chi connectivity index (χ4v) is 1.86. The molecule has 1 heterocycles.